The van der Waals surface area contributed by atoms with E-state index in [1.807, 2.05) is 27.7 Å². The summed E-state index contributed by atoms with van der Waals surface area (Å²) in [5, 5.41) is 9.21. The van der Waals surface area contributed by atoms with Crippen LogP contribution in [0.3, 0.4) is 0 Å². The second-order valence-electron chi connectivity index (χ2n) is 7.52. The molecule has 2 fully saturated rings. The second-order valence-corrected chi connectivity index (χ2v) is 7.52. The molecule has 7 heteroatoms. The van der Waals surface area contributed by atoms with E-state index in [-0.39, 0.29) is 17.8 Å². The molecule has 3 rings (SSSR count). The molecule has 1 N–H and O–H groups in total. The molecule has 0 aliphatic carbocycles. The van der Waals surface area contributed by atoms with Gasteiger partial charge in [0.15, 0.2) is 0 Å². The van der Waals surface area contributed by atoms with Gasteiger partial charge in [0.25, 0.3) is 0 Å². The van der Waals surface area contributed by atoms with E-state index in [1.54, 1.807) is 12.4 Å². The van der Waals surface area contributed by atoms with Gasteiger partial charge in [-0.05, 0) is 46.5 Å². The van der Waals surface area contributed by atoms with Crippen molar-refractivity contribution in [2.45, 2.75) is 51.7 Å². The van der Waals surface area contributed by atoms with E-state index in [1.165, 1.54) is 0 Å². The number of hydrogen-bond acceptors (Lipinski definition) is 6. The second kappa shape index (κ2) is 6.04. The van der Waals surface area contributed by atoms with Crippen LogP contribution in [0.25, 0.3) is 0 Å². The third-order valence-electron chi connectivity index (χ3n) is 5.34. The van der Waals surface area contributed by atoms with Crippen molar-refractivity contribution >= 4 is 18.5 Å². The standard InChI is InChI=1S/C16H26BN3O3/c1-15(2)16(3,4)23-17(22-15)13-9-18-14(19-10-13)20-7-5-12(11-21)6-8-20/h9-10,12,21H,5-8,11H2,1-4H3. The first-order valence-electron chi connectivity index (χ1n) is 8.36. The quantitative estimate of drug-likeness (QED) is 0.838. The Morgan fingerprint density at radius 3 is 2.13 bits per heavy atom. The number of nitrogens with zero attached hydrogens (tertiary/aromatic N) is 3. The van der Waals surface area contributed by atoms with Crippen molar-refractivity contribution in [2.75, 3.05) is 24.6 Å². The van der Waals surface area contributed by atoms with Crippen LogP contribution in [0.15, 0.2) is 12.4 Å². The SMILES string of the molecule is CC1(C)OB(c2cnc(N3CCC(CO)CC3)nc2)OC1(C)C. The summed E-state index contributed by atoms with van der Waals surface area (Å²) in [5.41, 5.74) is 0.128. The molecule has 0 saturated carbocycles. The minimum atomic E-state index is -0.422. The highest BCUT2D eigenvalue weighted by Gasteiger charge is 2.51. The first kappa shape index (κ1) is 16.7. The Kier molecular flexibility index (Phi) is 4.38. The zero-order valence-electron chi connectivity index (χ0n) is 14.5. The third kappa shape index (κ3) is 3.23. The third-order valence-corrected chi connectivity index (χ3v) is 5.34. The van der Waals surface area contributed by atoms with Gasteiger partial charge in [-0.3, -0.25) is 0 Å². The molecule has 2 aliphatic rings. The van der Waals surface area contributed by atoms with E-state index < -0.39 is 7.12 Å². The van der Waals surface area contributed by atoms with Crippen LogP contribution < -0.4 is 10.4 Å². The lowest BCUT2D eigenvalue weighted by molar-refractivity contribution is 0.00578. The molecule has 0 radical (unpaired) electrons. The summed E-state index contributed by atoms with van der Waals surface area (Å²) in [6.07, 6.45) is 5.56. The van der Waals surface area contributed by atoms with Crippen LogP contribution in [0.5, 0.6) is 0 Å². The fraction of sp³-hybridized carbons (Fsp3) is 0.750. The van der Waals surface area contributed by atoms with Crippen molar-refractivity contribution < 1.29 is 14.4 Å². The van der Waals surface area contributed by atoms with Gasteiger partial charge >= 0.3 is 7.12 Å². The van der Waals surface area contributed by atoms with E-state index in [0.717, 1.165) is 37.3 Å². The van der Waals surface area contributed by atoms with Crippen LogP contribution >= 0.6 is 0 Å². The van der Waals surface area contributed by atoms with Crippen molar-refractivity contribution in [1.82, 2.24) is 9.97 Å². The summed E-state index contributed by atoms with van der Waals surface area (Å²) in [6.45, 7) is 10.2. The molecule has 1 aromatic heterocycles. The maximum absolute atomic E-state index is 9.21. The molecular weight excluding hydrogens is 293 g/mol. The number of anilines is 1. The molecule has 126 valence electrons. The van der Waals surface area contributed by atoms with Crippen LogP contribution in [-0.4, -0.2) is 53.1 Å². The Hall–Kier alpha value is -1.18. The molecule has 3 heterocycles. The number of piperidine rings is 1. The van der Waals surface area contributed by atoms with E-state index >= 15 is 0 Å². The van der Waals surface area contributed by atoms with Crippen LogP contribution in [0.4, 0.5) is 5.95 Å². The molecule has 0 amide bonds. The summed E-state index contributed by atoms with van der Waals surface area (Å²) in [6, 6.07) is 0. The lowest BCUT2D eigenvalue weighted by Crippen LogP contribution is -2.41. The van der Waals surface area contributed by atoms with Crippen molar-refractivity contribution in [3.63, 3.8) is 0 Å². The van der Waals surface area contributed by atoms with Gasteiger partial charge < -0.3 is 19.3 Å². The van der Waals surface area contributed by atoms with Gasteiger partial charge in [-0.25, -0.2) is 9.97 Å². The highest BCUT2D eigenvalue weighted by molar-refractivity contribution is 6.61. The summed E-state index contributed by atoms with van der Waals surface area (Å²) >= 11 is 0. The molecule has 0 unspecified atom stereocenters. The minimum Gasteiger partial charge on any atom is -0.399 e. The van der Waals surface area contributed by atoms with Gasteiger partial charge in [-0.15, -0.1) is 0 Å². The average molecular weight is 319 g/mol. The van der Waals surface area contributed by atoms with E-state index in [2.05, 4.69) is 14.9 Å². The lowest BCUT2D eigenvalue weighted by Gasteiger charge is -2.32. The number of aliphatic hydroxyl groups excluding tert-OH is 1. The monoisotopic (exact) mass is 319 g/mol. The molecule has 23 heavy (non-hydrogen) atoms. The zero-order chi connectivity index (χ0) is 16.7. The highest BCUT2D eigenvalue weighted by Crippen LogP contribution is 2.36. The van der Waals surface area contributed by atoms with Gasteiger partial charge in [0.05, 0.1) is 11.2 Å². The van der Waals surface area contributed by atoms with Crippen molar-refractivity contribution in [1.29, 1.82) is 0 Å². The smallest absolute Gasteiger partial charge is 0.399 e. The Balaban J connectivity index is 1.67. The normalized spacial score (nSPS) is 24.2. The van der Waals surface area contributed by atoms with Crippen molar-refractivity contribution in [2.24, 2.45) is 5.92 Å². The number of aliphatic hydroxyl groups is 1. The maximum atomic E-state index is 9.21. The minimum absolute atomic E-state index is 0.273. The fourth-order valence-electron chi connectivity index (χ4n) is 2.91. The first-order valence-corrected chi connectivity index (χ1v) is 8.36. The molecule has 2 saturated heterocycles. The maximum Gasteiger partial charge on any atom is 0.498 e. The zero-order valence-corrected chi connectivity index (χ0v) is 14.5. The summed E-state index contributed by atoms with van der Waals surface area (Å²) in [4.78, 5) is 11.1. The van der Waals surface area contributed by atoms with Gasteiger partial charge in [-0.2, -0.15) is 0 Å². The fourth-order valence-corrected chi connectivity index (χ4v) is 2.91. The topological polar surface area (TPSA) is 67.7 Å². The summed E-state index contributed by atoms with van der Waals surface area (Å²) < 4.78 is 12.0. The molecule has 0 atom stereocenters. The largest absolute Gasteiger partial charge is 0.498 e. The predicted octanol–water partition coefficient (Wildman–Crippen LogP) is 0.984. The van der Waals surface area contributed by atoms with E-state index in [0.29, 0.717) is 5.92 Å². The number of rotatable bonds is 3. The molecule has 0 bridgehead atoms. The predicted molar refractivity (Wildman–Crippen MR) is 89.8 cm³/mol. The number of aromatic nitrogens is 2. The Morgan fingerprint density at radius 2 is 1.65 bits per heavy atom. The Morgan fingerprint density at radius 1 is 1.13 bits per heavy atom. The summed E-state index contributed by atoms with van der Waals surface area (Å²) in [5.74, 6) is 1.15. The number of hydrogen-bond donors (Lipinski definition) is 1. The molecule has 6 nitrogen and oxygen atoms in total. The summed E-state index contributed by atoms with van der Waals surface area (Å²) in [7, 11) is -0.422. The van der Waals surface area contributed by atoms with Gasteiger partial charge in [-0.1, -0.05) is 0 Å². The van der Waals surface area contributed by atoms with Crippen LogP contribution in [-0.2, 0) is 9.31 Å². The molecule has 2 aliphatic heterocycles. The Labute approximate surface area is 138 Å². The lowest BCUT2D eigenvalue weighted by atomic mass is 9.81. The first-order chi connectivity index (χ1) is 10.8. The average Bonchev–Trinajstić information content (AvgIpc) is 2.76. The van der Waals surface area contributed by atoms with Crippen LogP contribution in [0.2, 0.25) is 0 Å². The van der Waals surface area contributed by atoms with Gasteiger partial charge in [0, 0.05) is 37.6 Å². The van der Waals surface area contributed by atoms with Gasteiger partial charge in [0.2, 0.25) is 5.95 Å². The van der Waals surface area contributed by atoms with Crippen molar-refractivity contribution in [3.05, 3.63) is 12.4 Å². The van der Waals surface area contributed by atoms with E-state index in [4.69, 9.17) is 9.31 Å². The van der Waals surface area contributed by atoms with Gasteiger partial charge in [0.1, 0.15) is 0 Å². The molecule has 1 aromatic rings. The molecule has 0 aromatic carbocycles. The van der Waals surface area contributed by atoms with E-state index in [9.17, 15) is 5.11 Å². The van der Waals surface area contributed by atoms with Crippen LogP contribution in [0.1, 0.15) is 40.5 Å². The molecule has 0 spiro atoms. The van der Waals surface area contributed by atoms with Crippen LogP contribution in [0, 0.1) is 5.92 Å². The Bertz CT molecular complexity index is 526. The molecular formula is C16H26BN3O3. The van der Waals surface area contributed by atoms with Crippen molar-refractivity contribution in [3.8, 4) is 0 Å². The highest BCUT2D eigenvalue weighted by atomic mass is 16.7.